The van der Waals surface area contributed by atoms with Gasteiger partial charge in [-0.05, 0) is 56.9 Å². The standard InChI is InChI=1S/C8H8BrIOS/c1-11-7-4-8(12-2)5(9)3-6(7)10/h3-4H,1-2H3. The molecule has 0 bridgehead atoms. The average Bonchev–Trinajstić information content (AvgIpc) is 2.05. The van der Waals surface area contributed by atoms with Crippen LogP contribution in [-0.4, -0.2) is 13.4 Å². The summed E-state index contributed by atoms with van der Waals surface area (Å²) in [7, 11) is 1.69. The number of halogens is 2. The van der Waals surface area contributed by atoms with Gasteiger partial charge in [0.05, 0.1) is 10.7 Å². The van der Waals surface area contributed by atoms with Gasteiger partial charge in [0.2, 0.25) is 0 Å². The molecule has 0 aromatic heterocycles. The van der Waals surface area contributed by atoms with Gasteiger partial charge in [0.15, 0.2) is 0 Å². The van der Waals surface area contributed by atoms with Gasteiger partial charge in [-0.15, -0.1) is 11.8 Å². The normalized spacial score (nSPS) is 10.0. The Balaban J connectivity index is 3.18. The third-order valence-electron chi connectivity index (χ3n) is 1.43. The SMILES string of the molecule is COc1cc(SC)c(Br)cc1I. The average molecular weight is 359 g/mol. The van der Waals surface area contributed by atoms with Crippen molar-refractivity contribution < 1.29 is 4.74 Å². The van der Waals surface area contributed by atoms with Crippen LogP contribution in [0.5, 0.6) is 5.75 Å². The molecule has 1 aromatic rings. The van der Waals surface area contributed by atoms with E-state index in [0.29, 0.717) is 0 Å². The van der Waals surface area contributed by atoms with Crippen LogP contribution in [0.15, 0.2) is 21.5 Å². The Hall–Kier alpha value is 0.580. The maximum atomic E-state index is 5.20. The van der Waals surface area contributed by atoms with Gasteiger partial charge >= 0.3 is 0 Å². The Morgan fingerprint density at radius 3 is 2.67 bits per heavy atom. The molecule has 66 valence electrons. The second kappa shape index (κ2) is 4.72. The van der Waals surface area contributed by atoms with E-state index in [1.165, 1.54) is 4.90 Å². The summed E-state index contributed by atoms with van der Waals surface area (Å²) in [5.74, 6) is 0.933. The van der Waals surface area contributed by atoms with Crippen LogP contribution in [0, 0.1) is 3.57 Å². The highest BCUT2D eigenvalue weighted by Gasteiger charge is 2.05. The molecule has 0 heterocycles. The van der Waals surface area contributed by atoms with Crippen molar-refractivity contribution in [1.29, 1.82) is 0 Å². The Kier molecular flexibility index (Phi) is 4.19. The highest BCUT2D eigenvalue weighted by Crippen LogP contribution is 2.33. The van der Waals surface area contributed by atoms with Crippen LogP contribution in [0.2, 0.25) is 0 Å². The summed E-state index contributed by atoms with van der Waals surface area (Å²) in [5.41, 5.74) is 0. The van der Waals surface area contributed by atoms with E-state index in [4.69, 9.17) is 4.74 Å². The molecule has 12 heavy (non-hydrogen) atoms. The van der Waals surface area contributed by atoms with Gasteiger partial charge in [0, 0.05) is 9.37 Å². The zero-order valence-electron chi connectivity index (χ0n) is 6.73. The van der Waals surface area contributed by atoms with Gasteiger partial charge in [-0.3, -0.25) is 0 Å². The molecular weight excluding hydrogens is 351 g/mol. The number of methoxy groups -OCH3 is 1. The Morgan fingerprint density at radius 1 is 1.50 bits per heavy atom. The summed E-state index contributed by atoms with van der Waals surface area (Å²) in [6.45, 7) is 0. The number of ether oxygens (including phenoxy) is 1. The second-order valence-corrected chi connectivity index (χ2v) is 4.99. The molecule has 0 fully saturated rings. The van der Waals surface area contributed by atoms with E-state index in [-0.39, 0.29) is 0 Å². The van der Waals surface area contributed by atoms with E-state index in [0.717, 1.165) is 13.8 Å². The molecule has 0 unspecified atom stereocenters. The van der Waals surface area contributed by atoms with Crippen LogP contribution in [0.25, 0.3) is 0 Å². The third-order valence-corrected chi connectivity index (χ3v) is 3.97. The van der Waals surface area contributed by atoms with Crippen molar-refractivity contribution in [3.63, 3.8) is 0 Å². The van der Waals surface area contributed by atoms with Gasteiger partial charge < -0.3 is 4.74 Å². The zero-order chi connectivity index (χ0) is 9.14. The van der Waals surface area contributed by atoms with Crippen molar-refractivity contribution in [3.05, 3.63) is 20.2 Å². The minimum atomic E-state index is 0.933. The Bertz CT molecular complexity index is 265. The molecule has 1 aromatic carbocycles. The molecule has 0 atom stereocenters. The summed E-state index contributed by atoms with van der Waals surface area (Å²) >= 11 is 7.45. The minimum Gasteiger partial charge on any atom is -0.496 e. The van der Waals surface area contributed by atoms with Crippen molar-refractivity contribution in [3.8, 4) is 5.75 Å². The summed E-state index contributed by atoms with van der Waals surface area (Å²) in [4.78, 5) is 1.20. The fourth-order valence-electron chi connectivity index (χ4n) is 0.823. The first-order valence-electron chi connectivity index (χ1n) is 3.26. The largest absolute Gasteiger partial charge is 0.496 e. The first-order valence-corrected chi connectivity index (χ1v) is 6.35. The molecule has 0 aliphatic rings. The van der Waals surface area contributed by atoms with Gasteiger partial charge in [-0.1, -0.05) is 0 Å². The zero-order valence-corrected chi connectivity index (χ0v) is 11.3. The number of thioether (sulfide) groups is 1. The quantitative estimate of drug-likeness (QED) is 0.587. The molecule has 0 aliphatic carbocycles. The third kappa shape index (κ3) is 2.29. The van der Waals surface area contributed by atoms with Crippen molar-refractivity contribution >= 4 is 50.3 Å². The lowest BCUT2D eigenvalue weighted by atomic mass is 10.3. The van der Waals surface area contributed by atoms with Gasteiger partial charge in [-0.2, -0.15) is 0 Å². The lowest BCUT2D eigenvalue weighted by molar-refractivity contribution is 0.410. The number of hydrogen-bond acceptors (Lipinski definition) is 2. The van der Waals surface area contributed by atoms with Crippen molar-refractivity contribution in [2.75, 3.05) is 13.4 Å². The minimum absolute atomic E-state index is 0.933. The maximum Gasteiger partial charge on any atom is 0.133 e. The Labute approximate surface area is 98.5 Å². The first-order chi connectivity index (χ1) is 5.69. The van der Waals surface area contributed by atoms with Gasteiger partial charge in [-0.25, -0.2) is 0 Å². The van der Waals surface area contributed by atoms with E-state index < -0.39 is 0 Å². The summed E-state index contributed by atoms with van der Waals surface area (Å²) in [6, 6.07) is 4.10. The highest BCUT2D eigenvalue weighted by atomic mass is 127. The van der Waals surface area contributed by atoms with E-state index >= 15 is 0 Å². The second-order valence-electron chi connectivity index (χ2n) is 2.12. The van der Waals surface area contributed by atoms with Gasteiger partial charge in [0.1, 0.15) is 5.75 Å². The summed E-state index contributed by atoms with van der Waals surface area (Å²) in [5, 5.41) is 0. The summed E-state index contributed by atoms with van der Waals surface area (Å²) < 4.78 is 7.45. The summed E-state index contributed by atoms with van der Waals surface area (Å²) in [6.07, 6.45) is 2.05. The van der Waals surface area contributed by atoms with Gasteiger partial charge in [0.25, 0.3) is 0 Å². The van der Waals surface area contributed by atoms with Crippen LogP contribution in [0.1, 0.15) is 0 Å². The predicted octanol–water partition coefficient (Wildman–Crippen LogP) is 3.78. The number of rotatable bonds is 2. The fraction of sp³-hybridized carbons (Fsp3) is 0.250. The lowest BCUT2D eigenvalue weighted by Crippen LogP contribution is -1.87. The molecule has 0 radical (unpaired) electrons. The molecule has 1 rings (SSSR count). The van der Waals surface area contributed by atoms with Crippen LogP contribution < -0.4 is 4.74 Å². The number of benzene rings is 1. The van der Waals surface area contributed by atoms with Crippen molar-refractivity contribution in [2.24, 2.45) is 0 Å². The topological polar surface area (TPSA) is 9.23 Å². The first kappa shape index (κ1) is 10.7. The molecule has 0 saturated carbocycles. The van der Waals surface area contributed by atoms with Crippen LogP contribution in [0.4, 0.5) is 0 Å². The highest BCUT2D eigenvalue weighted by molar-refractivity contribution is 14.1. The van der Waals surface area contributed by atoms with E-state index in [2.05, 4.69) is 44.6 Å². The molecule has 0 spiro atoms. The molecule has 0 amide bonds. The van der Waals surface area contributed by atoms with E-state index in [1.54, 1.807) is 18.9 Å². The monoisotopic (exact) mass is 358 g/mol. The molecule has 0 saturated heterocycles. The molecule has 1 nitrogen and oxygen atoms in total. The molecule has 4 heteroatoms. The van der Waals surface area contributed by atoms with Crippen LogP contribution in [0.3, 0.4) is 0 Å². The van der Waals surface area contributed by atoms with Crippen molar-refractivity contribution in [1.82, 2.24) is 0 Å². The van der Waals surface area contributed by atoms with Crippen LogP contribution in [-0.2, 0) is 0 Å². The maximum absolute atomic E-state index is 5.20. The lowest BCUT2D eigenvalue weighted by Gasteiger charge is -2.06. The van der Waals surface area contributed by atoms with E-state index in [9.17, 15) is 0 Å². The van der Waals surface area contributed by atoms with E-state index in [1.807, 2.05) is 12.3 Å². The number of hydrogen-bond donors (Lipinski definition) is 0. The molecule has 0 N–H and O–H groups in total. The fourth-order valence-corrected chi connectivity index (χ4v) is 3.25. The van der Waals surface area contributed by atoms with Crippen LogP contribution >= 0.6 is 50.3 Å². The van der Waals surface area contributed by atoms with Crippen molar-refractivity contribution in [2.45, 2.75) is 4.90 Å². The molecular formula is C8H8BrIOS. The Morgan fingerprint density at radius 2 is 2.17 bits per heavy atom. The molecule has 0 aliphatic heterocycles. The smallest absolute Gasteiger partial charge is 0.133 e. The predicted molar refractivity (Wildman–Crippen MR) is 65.2 cm³/mol.